The minimum Gasteiger partial charge on any atom is -0.381 e. The van der Waals surface area contributed by atoms with Crippen molar-refractivity contribution in [2.24, 2.45) is 5.73 Å². The molecule has 0 spiro atoms. The van der Waals surface area contributed by atoms with Crippen molar-refractivity contribution in [1.29, 1.82) is 0 Å². The molecule has 2 heterocycles. The number of nitrogens with two attached hydrogens (primary N) is 1. The van der Waals surface area contributed by atoms with E-state index in [-0.39, 0.29) is 48.4 Å². The van der Waals surface area contributed by atoms with Crippen LogP contribution in [-0.2, 0) is 4.74 Å². The standard InChI is InChI=1S/C13H18FN3O2.2ClH/c1-19-12-2-3-17(11(5-12)6-15)13(18)9-4-10(14)8-16-7-9;;/h4,7-8,11-12H,2-3,5-6,15H2,1H3;2*1H. The van der Waals surface area contributed by atoms with Gasteiger partial charge in [-0.1, -0.05) is 0 Å². The second-order valence-electron chi connectivity index (χ2n) is 4.66. The second-order valence-corrected chi connectivity index (χ2v) is 4.66. The molecule has 0 aromatic carbocycles. The molecule has 1 aliphatic rings. The Bertz CT molecular complexity index is 465. The Labute approximate surface area is 135 Å². The molecule has 0 saturated carbocycles. The number of aromatic nitrogens is 1. The fourth-order valence-electron chi connectivity index (χ4n) is 2.41. The van der Waals surface area contributed by atoms with Crippen molar-refractivity contribution < 1.29 is 13.9 Å². The first-order valence-electron chi connectivity index (χ1n) is 6.30. The highest BCUT2D eigenvalue weighted by Gasteiger charge is 2.31. The van der Waals surface area contributed by atoms with Crippen LogP contribution in [0.5, 0.6) is 0 Å². The Morgan fingerprint density at radius 2 is 2.24 bits per heavy atom. The first-order valence-corrected chi connectivity index (χ1v) is 6.30. The van der Waals surface area contributed by atoms with E-state index < -0.39 is 5.82 Å². The fraction of sp³-hybridized carbons (Fsp3) is 0.538. The Hall–Kier alpha value is -0.950. The van der Waals surface area contributed by atoms with Crippen molar-refractivity contribution in [3.8, 4) is 0 Å². The maximum absolute atomic E-state index is 13.1. The van der Waals surface area contributed by atoms with E-state index in [0.29, 0.717) is 19.5 Å². The highest BCUT2D eigenvalue weighted by molar-refractivity contribution is 5.94. The summed E-state index contributed by atoms with van der Waals surface area (Å²) in [4.78, 5) is 17.7. The number of halogens is 3. The van der Waals surface area contributed by atoms with Gasteiger partial charge in [0.1, 0.15) is 5.82 Å². The van der Waals surface area contributed by atoms with Gasteiger partial charge in [0.15, 0.2) is 0 Å². The molecule has 2 rings (SSSR count). The zero-order valence-corrected chi connectivity index (χ0v) is 13.3. The summed E-state index contributed by atoms with van der Waals surface area (Å²) in [6.45, 7) is 0.935. The first-order chi connectivity index (χ1) is 9.15. The molecule has 1 fully saturated rings. The van der Waals surface area contributed by atoms with Crippen LogP contribution in [0.15, 0.2) is 18.5 Å². The van der Waals surface area contributed by atoms with Crippen molar-refractivity contribution in [2.45, 2.75) is 25.0 Å². The van der Waals surface area contributed by atoms with Crippen LogP contribution in [0.25, 0.3) is 0 Å². The number of ether oxygens (including phenoxy) is 1. The number of carbonyl (C=O) groups excluding carboxylic acids is 1. The van der Waals surface area contributed by atoms with E-state index in [2.05, 4.69) is 4.98 Å². The molecule has 2 atom stereocenters. The molecule has 0 aliphatic carbocycles. The molecular weight excluding hydrogens is 320 g/mol. The van der Waals surface area contributed by atoms with Gasteiger partial charge in [-0.3, -0.25) is 9.78 Å². The van der Waals surface area contributed by atoms with E-state index in [1.54, 1.807) is 12.0 Å². The van der Waals surface area contributed by atoms with Crippen molar-refractivity contribution in [1.82, 2.24) is 9.88 Å². The normalized spacial score (nSPS) is 21.2. The van der Waals surface area contributed by atoms with Gasteiger partial charge in [-0.25, -0.2) is 4.39 Å². The van der Waals surface area contributed by atoms with Crippen LogP contribution in [-0.4, -0.2) is 48.1 Å². The third-order valence-electron chi connectivity index (χ3n) is 3.49. The SMILES string of the molecule is COC1CCN(C(=O)c2cncc(F)c2)C(CN)C1.Cl.Cl. The number of piperidine rings is 1. The zero-order chi connectivity index (χ0) is 13.8. The number of nitrogens with zero attached hydrogens (tertiary/aromatic N) is 2. The average molecular weight is 340 g/mol. The van der Waals surface area contributed by atoms with Crippen LogP contribution in [0, 0.1) is 5.82 Å². The van der Waals surface area contributed by atoms with Crippen LogP contribution in [0.4, 0.5) is 4.39 Å². The van der Waals surface area contributed by atoms with E-state index in [0.717, 1.165) is 12.6 Å². The molecule has 1 aromatic rings. The van der Waals surface area contributed by atoms with E-state index in [1.165, 1.54) is 12.3 Å². The summed E-state index contributed by atoms with van der Waals surface area (Å²) >= 11 is 0. The molecule has 1 saturated heterocycles. The predicted molar refractivity (Wildman–Crippen MR) is 82.6 cm³/mol. The summed E-state index contributed by atoms with van der Waals surface area (Å²) in [7, 11) is 1.66. The van der Waals surface area contributed by atoms with Gasteiger partial charge in [0, 0.05) is 32.4 Å². The van der Waals surface area contributed by atoms with Crippen LogP contribution in [0.1, 0.15) is 23.2 Å². The molecule has 5 nitrogen and oxygen atoms in total. The number of amides is 1. The van der Waals surface area contributed by atoms with Gasteiger partial charge in [0.2, 0.25) is 0 Å². The largest absolute Gasteiger partial charge is 0.381 e. The Balaban J connectivity index is 0.00000200. The Morgan fingerprint density at radius 1 is 1.52 bits per heavy atom. The van der Waals surface area contributed by atoms with Gasteiger partial charge in [0.05, 0.1) is 17.9 Å². The van der Waals surface area contributed by atoms with Crippen LogP contribution < -0.4 is 5.73 Å². The molecular formula is C13H20Cl2FN3O2. The number of hydrogen-bond acceptors (Lipinski definition) is 4. The number of hydrogen-bond donors (Lipinski definition) is 1. The summed E-state index contributed by atoms with van der Waals surface area (Å²) in [6.07, 6.45) is 4.06. The van der Waals surface area contributed by atoms with E-state index in [9.17, 15) is 9.18 Å². The molecule has 120 valence electrons. The fourth-order valence-corrected chi connectivity index (χ4v) is 2.41. The minimum absolute atomic E-state index is 0. The van der Waals surface area contributed by atoms with E-state index >= 15 is 0 Å². The monoisotopic (exact) mass is 339 g/mol. The van der Waals surface area contributed by atoms with Crippen molar-refractivity contribution in [2.75, 3.05) is 20.2 Å². The molecule has 1 amide bonds. The van der Waals surface area contributed by atoms with Gasteiger partial charge >= 0.3 is 0 Å². The zero-order valence-electron chi connectivity index (χ0n) is 11.7. The highest BCUT2D eigenvalue weighted by atomic mass is 35.5. The summed E-state index contributed by atoms with van der Waals surface area (Å²) in [5, 5.41) is 0. The number of likely N-dealkylation sites (tertiary alicyclic amines) is 1. The van der Waals surface area contributed by atoms with Gasteiger partial charge in [-0.05, 0) is 18.9 Å². The Morgan fingerprint density at radius 3 is 2.81 bits per heavy atom. The lowest BCUT2D eigenvalue weighted by molar-refractivity contribution is 0.0138. The lowest BCUT2D eigenvalue weighted by Crippen LogP contribution is -2.51. The number of methoxy groups -OCH3 is 1. The van der Waals surface area contributed by atoms with Gasteiger partial charge < -0.3 is 15.4 Å². The summed E-state index contributed by atoms with van der Waals surface area (Å²) in [6, 6.07) is 1.13. The summed E-state index contributed by atoms with van der Waals surface area (Å²) in [5.74, 6) is -0.737. The molecule has 1 aliphatic heterocycles. The lowest BCUT2D eigenvalue weighted by Gasteiger charge is -2.38. The van der Waals surface area contributed by atoms with Crippen LogP contribution >= 0.6 is 24.8 Å². The van der Waals surface area contributed by atoms with Crippen LogP contribution in [0.3, 0.4) is 0 Å². The van der Waals surface area contributed by atoms with Gasteiger partial charge in [-0.15, -0.1) is 24.8 Å². The summed E-state index contributed by atoms with van der Waals surface area (Å²) < 4.78 is 18.4. The van der Waals surface area contributed by atoms with Gasteiger partial charge in [0.25, 0.3) is 5.91 Å². The average Bonchev–Trinajstić information content (AvgIpc) is 2.45. The smallest absolute Gasteiger partial charge is 0.255 e. The maximum Gasteiger partial charge on any atom is 0.255 e. The van der Waals surface area contributed by atoms with E-state index in [4.69, 9.17) is 10.5 Å². The molecule has 0 bridgehead atoms. The molecule has 2 unspecified atom stereocenters. The topological polar surface area (TPSA) is 68.5 Å². The number of carbonyl (C=O) groups is 1. The molecule has 0 radical (unpaired) electrons. The molecule has 1 aromatic heterocycles. The molecule has 8 heteroatoms. The van der Waals surface area contributed by atoms with Crippen molar-refractivity contribution in [3.05, 3.63) is 29.8 Å². The third kappa shape index (κ3) is 4.78. The molecule has 2 N–H and O–H groups in total. The summed E-state index contributed by atoms with van der Waals surface area (Å²) in [5.41, 5.74) is 5.98. The number of rotatable bonds is 3. The Kier molecular flexibility index (Phi) is 8.73. The highest BCUT2D eigenvalue weighted by Crippen LogP contribution is 2.21. The van der Waals surface area contributed by atoms with Gasteiger partial charge in [-0.2, -0.15) is 0 Å². The lowest BCUT2D eigenvalue weighted by atomic mass is 9.98. The second kappa shape index (κ2) is 9.15. The number of pyridine rings is 1. The van der Waals surface area contributed by atoms with E-state index in [1.807, 2.05) is 0 Å². The van der Waals surface area contributed by atoms with Crippen molar-refractivity contribution >= 4 is 30.7 Å². The van der Waals surface area contributed by atoms with Crippen LogP contribution in [0.2, 0.25) is 0 Å². The predicted octanol–water partition coefficient (Wildman–Crippen LogP) is 1.64. The quantitative estimate of drug-likeness (QED) is 0.908. The first kappa shape index (κ1) is 20.1. The minimum atomic E-state index is -0.512. The molecule has 21 heavy (non-hydrogen) atoms. The third-order valence-corrected chi connectivity index (χ3v) is 3.49. The van der Waals surface area contributed by atoms with Crippen molar-refractivity contribution in [3.63, 3.8) is 0 Å². The maximum atomic E-state index is 13.1.